The van der Waals surface area contributed by atoms with Gasteiger partial charge in [-0.25, -0.2) is 0 Å². The van der Waals surface area contributed by atoms with E-state index in [0.717, 1.165) is 28.8 Å². The van der Waals surface area contributed by atoms with Crippen LogP contribution in [0, 0.1) is 0 Å². The van der Waals surface area contributed by atoms with E-state index in [9.17, 15) is 0 Å². The van der Waals surface area contributed by atoms with Crippen LogP contribution in [0.3, 0.4) is 0 Å². The van der Waals surface area contributed by atoms with E-state index in [1.807, 2.05) is 0 Å². The molecule has 0 fully saturated rings. The summed E-state index contributed by atoms with van der Waals surface area (Å²) in [5.74, 6) is 0. The van der Waals surface area contributed by atoms with Crippen molar-refractivity contribution >= 4 is 22.5 Å². The van der Waals surface area contributed by atoms with Crippen LogP contribution in [-0.2, 0) is 0 Å². The summed E-state index contributed by atoms with van der Waals surface area (Å²) in [6.07, 6.45) is 1.06. The third-order valence-electron chi connectivity index (χ3n) is 0.0861. The minimum absolute atomic E-state index is 1.01. The maximum absolute atomic E-state index is 7.73. The van der Waals surface area contributed by atoms with Crippen LogP contribution in [0.1, 0.15) is 0 Å². The van der Waals surface area contributed by atoms with Crippen LogP contribution < -0.4 is 0 Å². The van der Waals surface area contributed by atoms with Crippen molar-refractivity contribution in [1.29, 1.82) is 0 Å². The van der Waals surface area contributed by atoms with Gasteiger partial charge in [0.05, 0.1) is 0 Å². The Hall–Kier alpha value is 0.339. The van der Waals surface area contributed by atoms with Gasteiger partial charge in [0.1, 0.15) is 0 Å². The zero-order chi connectivity index (χ0) is 3.41. The van der Waals surface area contributed by atoms with Gasteiger partial charge in [-0.15, -0.1) is 0 Å². The molecule has 0 aromatic carbocycles. The van der Waals surface area contributed by atoms with E-state index < -0.39 is 0 Å². The molecule has 0 aliphatic rings. The Morgan fingerprint density at radius 1 is 1.75 bits per heavy atom. The van der Waals surface area contributed by atoms with Gasteiger partial charge in [0.25, 0.3) is 0 Å². The molecule has 0 amide bonds. The fourth-order valence-electron chi connectivity index (χ4n) is 0. The molecule has 0 atom stereocenters. The zero-order valence-corrected chi connectivity index (χ0v) is 5.47. The third kappa shape index (κ3) is 2.34. The molecule has 0 spiro atoms. The van der Waals surface area contributed by atoms with Crippen LogP contribution >= 0.6 is 0 Å². The van der Waals surface area contributed by atoms with Gasteiger partial charge in [-0.05, 0) is 0 Å². The molecule has 2 radical (unpaired) electrons. The van der Waals surface area contributed by atoms with Gasteiger partial charge in [0.15, 0.2) is 0 Å². The van der Waals surface area contributed by atoms with Crippen molar-refractivity contribution in [3.63, 3.8) is 0 Å². The van der Waals surface area contributed by atoms with Crippen molar-refractivity contribution in [2.45, 2.75) is 0 Å². The van der Waals surface area contributed by atoms with Crippen LogP contribution in [-0.4, -0.2) is 27.6 Å². The Morgan fingerprint density at radius 2 is 2.00 bits per heavy atom. The van der Waals surface area contributed by atoms with Crippen molar-refractivity contribution in [2.24, 2.45) is 0 Å². The monoisotopic (exact) mass is 164 g/mol. The fourth-order valence-corrected chi connectivity index (χ4v) is 0. The molecule has 0 aliphatic heterocycles. The van der Waals surface area contributed by atoms with Crippen molar-refractivity contribution in [3.05, 3.63) is 10.4 Å². The normalized spacial score (nSPS) is 9.25. The third-order valence-corrected chi connectivity index (χ3v) is 0.577. The summed E-state index contributed by atoms with van der Waals surface area (Å²) in [5, 5.41) is 7.73. The van der Waals surface area contributed by atoms with Gasteiger partial charge >= 0.3 is 38.0 Å². The second kappa shape index (κ2) is 3.34. The van der Waals surface area contributed by atoms with Gasteiger partial charge in [-0.3, -0.25) is 0 Å². The Kier molecular flexibility index (Phi) is 3.62. The molecule has 0 aromatic rings. The van der Waals surface area contributed by atoms with Crippen LogP contribution in [0.2, 0.25) is 0 Å². The van der Waals surface area contributed by atoms with Crippen LogP contribution in [0.4, 0.5) is 0 Å². The standard InChI is InChI=1S/C2H3O.Sn.H/c1-2-3;;/h1-3H;;. The number of aliphatic hydroxyl groups is 1. The van der Waals surface area contributed by atoms with E-state index >= 15 is 0 Å². The molecule has 0 heterocycles. The second-order valence-corrected chi connectivity index (χ2v) is 1.44. The van der Waals surface area contributed by atoms with Crippen molar-refractivity contribution < 1.29 is 5.11 Å². The van der Waals surface area contributed by atoms with E-state index in [-0.39, 0.29) is 0 Å². The van der Waals surface area contributed by atoms with Crippen molar-refractivity contribution in [3.8, 4) is 0 Å². The molecule has 1 nitrogen and oxygen atoms in total. The van der Waals surface area contributed by atoms with E-state index in [1.54, 1.807) is 4.09 Å². The van der Waals surface area contributed by atoms with E-state index in [0.29, 0.717) is 0 Å². The topological polar surface area (TPSA) is 20.2 Å². The number of rotatable bonds is 0. The summed E-state index contributed by atoms with van der Waals surface area (Å²) in [6.45, 7) is 0. The number of aliphatic hydroxyl groups excluding tert-OH is 1. The second-order valence-electron chi connectivity index (χ2n) is 0.342. The molecule has 2 heteroatoms. The van der Waals surface area contributed by atoms with E-state index in [2.05, 4.69) is 0 Å². The summed E-state index contributed by atoms with van der Waals surface area (Å²) in [5.41, 5.74) is 0. The van der Waals surface area contributed by atoms with Crippen molar-refractivity contribution in [2.75, 3.05) is 0 Å². The molecule has 0 aliphatic carbocycles. The Labute approximate surface area is 38.4 Å². The summed E-state index contributed by atoms with van der Waals surface area (Å²) in [6, 6.07) is 0. The van der Waals surface area contributed by atoms with Gasteiger partial charge in [0.2, 0.25) is 0 Å². The first-order valence-corrected chi connectivity index (χ1v) is 2.83. The molecule has 0 rings (SSSR count). The predicted octanol–water partition coefficient (Wildman–Crippen LogP) is -0.0836. The Balaban J connectivity index is 2.55. The average Bonchev–Trinajstić information content (AvgIpc) is 1.37. The molecule has 0 unspecified atom stereocenters. The first-order valence-electron chi connectivity index (χ1n) is 0.925. The van der Waals surface area contributed by atoms with Crippen LogP contribution in [0.25, 0.3) is 0 Å². The molecule has 22 valence electrons. The van der Waals surface area contributed by atoms with Gasteiger partial charge in [0, 0.05) is 0 Å². The van der Waals surface area contributed by atoms with Gasteiger partial charge in [-0.2, -0.15) is 0 Å². The molecule has 0 bridgehead atoms. The quantitative estimate of drug-likeness (QED) is 0.390. The SMILES string of the molecule is OC=[CH][SnH]. The zero-order valence-electron chi connectivity index (χ0n) is 2.18. The van der Waals surface area contributed by atoms with Crippen LogP contribution in [0.5, 0.6) is 0 Å². The average molecular weight is 163 g/mol. The molecular formula is C2H4OSn. The number of hydrogen-bond donors (Lipinski definition) is 1. The predicted molar refractivity (Wildman–Crippen MR) is 18.9 cm³/mol. The first-order chi connectivity index (χ1) is 1.91. The molecule has 4 heavy (non-hydrogen) atoms. The molecule has 0 aromatic heterocycles. The van der Waals surface area contributed by atoms with Crippen LogP contribution in [0.15, 0.2) is 10.4 Å². The summed E-state index contributed by atoms with van der Waals surface area (Å²) >= 11 is 1.01. The molecule has 1 N–H and O–H groups in total. The van der Waals surface area contributed by atoms with E-state index in [4.69, 9.17) is 5.11 Å². The Morgan fingerprint density at radius 3 is 2.00 bits per heavy atom. The Bertz CT molecular complexity index is 21.2. The molecular weight excluding hydrogens is 159 g/mol. The summed E-state index contributed by atoms with van der Waals surface area (Å²) in [4.78, 5) is 0. The van der Waals surface area contributed by atoms with Gasteiger partial charge < -0.3 is 0 Å². The fraction of sp³-hybridized carbons (Fsp3) is 0. The minimum atomic E-state index is 1.01. The number of hydrogen-bond acceptors (Lipinski definition) is 1. The maximum atomic E-state index is 7.73. The van der Waals surface area contributed by atoms with E-state index in [1.165, 1.54) is 0 Å². The summed E-state index contributed by atoms with van der Waals surface area (Å²) < 4.78 is 1.69. The molecule has 0 saturated carbocycles. The first kappa shape index (κ1) is 4.34. The molecule has 0 saturated heterocycles. The van der Waals surface area contributed by atoms with Crippen molar-refractivity contribution in [1.82, 2.24) is 0 Å². The van der Waals surface area contributed by atoms with Gasteiger partial charge in [-0.1, -0.05) is 0 Å². The summed E-state index contributed by atoms with van der Waals surface area (Å²) in [7, 11) is 0.